The number of nitrogens with one attached hydrogen (secondary N) is 1. The molecule has 3 heteroatoms. The summed E-state index contributed by atoms with van der Waals surface area (Å²) in [6.45, 7) is 9.99. The predicted octanol–water partition coefficient (Wildman–Crippen LogP) is 2.41. The van der Waals surface area contributed by atoms with E-state index in [4.69, 9.17) is 4.74 Å². The molecule has 0 bridgehead atoms. The Bertz CT molecular complexity index is 239. The zero-order valence-corrected chi connectivity index (χ0v) is 12.2. The van der Waals surface area contributed by atoms with E-state index in [2.05, 4.69) is 24.1 Å². The fourth-order valence-corrected chi connectivity index (χ4v) is 2.71. The van der Waals surface area contributed by atoms with Crippen molar-refractivity contribution in [3.8, 4) is 0 Å². The molecular weight excluding hydrogens is 224 g/mol. The van der Waals surface area contributed by atoms with Crippen molar-refractivity contribution in [1.82, 2.24) is 10.2 Å². The molecule has 1 saturated carbocycles. The summed E-state index contributed by atoms with van der Waals surface area (Å²) in [5, 5.41) is 3.58. The van der Waals surface area contributed by atoms with Gasteiger partial charge in [-0.15, -0.1) is 0 Å². The van der Waals surface area contributed by atoms with E-state index >= 15 is 0 Å². The lowest BCUT2D eigenvalue weighted by Crippen LogP contribution is -2.48. The highest BCUT2D eigenvalue weighted by Gasteiger charge is 2.26. The maximum atomic E-state index is 5.73. The molecule has 2 rings (SSSR count). The Balaban J connectivity index is 1.42. The van der Waals surface area contributed by atoms with Gasteiger partial charge in [-0.1, -0.05) is 12.8 Å². The SMILES string of the molecule is CC1(C)CN(CCCCCCNC2CC2)CCO1. The normalized spacial score (nSPS) is 24.3. The van der Waals surface area contributed by atoms with E-state index in [1.807, 2.05) is 0 Å². The van der Waals surface area contributed by atoms with Gasteiger partial charge in [0.1, 0.15) is 0 Å². The largest absolute Gasteiger partial charge is 0.373 e. The summed E-state index contributed by atoms with van der Waals surface area (Å²) in [5.41, 5.74) is 0.0619. The van der Waals surface area contributed by atoms with Crippen LogP contribution in [0.3, 0.4) is 0 Å². The minimum atomic E-state index is 0.0619. The molecule has 1 N–H and O–H groups in total. The van der Waals surface area contributed by atoms with Gasteiger partial charge >= 0.3 is 0 Å². The van der Waals surface area contributed by atoms with Crippen LogP contribution >= 0.6 is 0 Å². The van der Waals surface area contributed by atoms with Crippen molar-refractivity contribution in [2.24, 2.45) is 0 Å². The Morgan fingerprint density at radius 1 is 1.17 bits per heavy atom. The topological polar surface area (TPSA) is 24.5 Å². The van der Waals surface area contributed by atoms with E-state index in [-0.39, 0.29) is 5.60 Å². The van der Waals surface area contributed by atoms with Crippen LogP contribution < -0.4 is 5.32 Å². The van der Waals surface area contributed by atoms with Crippen molar-refractivity contribution in [2.75, 3.05) is 32.8 Å². The summed E-state index contributed by atoms with van der Waals surface area (Å²) in [5.74, 6) is 0. The van der Waals surface area contributed by atoms with E-state index < -0.39 is 0 Å². The Morgan fingerprint density at radius 3 is 2.67 bits per heavy atom. The number of ether oxygens (including phenoxy) is 1. The molecule has 106 valence electrons. The second-order valence-electron chi connectivity index (χ2n) is 6.53. The molecule has 0 unspecified atom stereocenters. The quantitative estimate of drug-likeness (QED) is 0.673. The molecule has 1 aliphatic carbocycles. The molecule has 1 heterocycles. The molecule has 0 atom stereocenters. The van der Waals surface area contributed by atoms with Crippen LogP contribution in [0.1, 0.15) is 52.4 Å². The van der Waals surface area contributed by atoms with Gasteiger partial charge in [-0.05, 0) is 52.6 Å². The Morgan fingerprint density at radius 2 is 1.94 bits per heavy atom. The molecule has 0 aromatic heterocycles. The lowest BCUT2D eigenvalue weighted by atomic mass is 10.1. The monoisotopic (exact) mass is 254 g/mol. The molecule has 3 nitrogen and oxygen atoms in total. The Hall–Kier alpha value is -0.120. The highest BCUT2D eigenvalue weighted by molar-refractivity contribution is 4.80. The molecule has 2 fully saturated rings. The van der Waals surface area contributed by atoms with Crippen LogP contribution in [0.5, 0.6) is 0 Å². The fraction of sp³-hybridized carbons (Fsp3) is 1.00. The second-order valence-corrected chi connectivity index (χ2v) is 6.53. The van der Waals surface area contributed by atoms with Crippen molar-refractivity contribution in [1.29, 1.82) is 0 Å². The zero-order valence-electron chi connectivity index (χ0n) is 12.2. The summed E-state index contributed by atoms with van der Waals surface area (Å²) in [6, 6.07) is 0.876. The summed E-state index contributed by atoms with van der Waals surface area (Å²) in [4.78, 5) is 2.56. The Kier molecular flexibility index (Phi) is 5.46. The first-order valence-corrected chi connectivity index (χ1v) is 7.75. The standard InChI is InChI=1S/C15H30N2O/c1-15(2)13-17(11-12-18-15)10-6-4-3-5-9-16-14-7-8-14/h14,16H,3-13H2,1-2H3. The third kappa shape index (κ3) is 5.68. The van der Waals surface area contributed by atoms with Crippen molar-refractivity contribution in [3.05, 3.63) is 0 Å². The van der Waals surface area contributed by atoms with Crippen molar-refractivity contribution in [2.45, 2.75) is 64.0 Å². The molecule has 18 heavy (non-hydrogen) atoms. The minimum Gasteiger partial charge on any atom is -0.373 e. The Labute approximate surface area is 112 Å². The van der Waals surface area contributed by atoms with E-state index in [1.54, 1.807) is 0 Å². The molecule has 0 spiro atoms. The van der Waals surface area contributed by atoms with E-state index in [0.717, 1.165) is 25.7 Å². The van der Waals surface area contributed by atoms with Crippen LogP contribution in [0.2, 0.25) is 0 Å². The molecule has 0 aromatic rings. The van der Waals surface area contributed by atoms with Gasteiger partial charge in [-0.3, -0.25) is 4.90 Å². The molecule has 0 aromatic carbocycles. The molecule has 1 saturated heterocycles. The van der Waals surface area contributed by atoms with Gasteiger partial charge < -0.3 is 10.1 Å². The first-order valence-electron chi connectivity index (χ1n) is 7.75. The van der Waals surface area contributed by atoms with Crippen LogP contribution in [-0.4, -0.2) is 49.3 Å². The van der Waals surface area contributed by atoms with Crippen LogP contribution in [-0.2, 0) is 4.74 Å². The first kappa shape index (κ1) is 14.3. The van der Waals surface area contributed by atoms with Gasteiger partial charge in [0.15, 0.2) is 0 Å². The lowest BCUT2D eigenvalue weighted by molar-refractivity contribution is -0.0861. The summed E-state index contributed by atoms with van der Waals surface area (Å²) in [7, 11) is 0. The van der Waals surface area contributed by atoms with Gasteiger partial charge in [-0.25, -0.2) is 0 Å². The fourth-order valence-electron chi connectivity index (χ4n) is 2.71. The number of rotatable bonds is 8. The minimum absolute atomic E-state index is 0.0619. The van der Waals surface area contributed by atoms with Gasteiger partial charge in [0.05, 0.1) is 12.2 Å². The average Bonchev–Trinajstić information content (AvgIpc) is 3.10. The van der Waals surface area contributed by atoms with Crippen molar-refractivity contribution in [3.63, 3.8) is 0 Å². The summed E-state index contributed by atoms with van der Waals surface area (Å²) in [6.07, 6.45) is 8.28. The van der Waals surface area contributed by atoms with Gasteiger partial charge in [0.25, 0.3) is 0 Å². The molecule has 0 amide bonds. The smallest absolute Gasteiger partial charge is 0.0753 e. The average molecular weight is 254 g/mol. The highest BCUT2D eigenvalue weighted by Crippen LogP contribution is 2.19. The van der Waals surface area contributed by atoms with Crippen molar-refractivity contribution >= 4 is 0 Å². The van der Waals surface area contributed by atoms with Crippen LogP contribution in [0.4, 0.5) is 0 Å². The van der Waals surface area contributed by atoms with Crippen molar-refractivity contribution < 1.29 is 4.74 Å². The molecule has 1 aliphatic heterocycles. The van der Waals surface area contributed by atoms with Crippen LogP contribution in [0.25, 0.3) is 0 Å². The van der Waals surface area contributed by atoms with Gasteiger partial charge in [0, 0.05) is 19.1 Å². The number of nitrogens with zero attached hydrogens (tertiary/aromatic N) is 1. The third-order valence-electron chi connectivity index (χ3n) is 3.92. The van der Waals surface area contributed by atoms with Gasteiger partial charge in [0.2, 0.25) is 0 Å². The zero-order chi connectivity index (χ0) is 12.8. The lowest BCUT2D eigenvalue weighted by Gasteiger charge is -2.38. The summed E-state index contributed by atoms with van der Waals surface area (Å²) >= 11 is 0. The summed E-state index contributed by atoms with van der Waals surface area (Å²) < 4.78 is 5.73. The predicted molar refractivity (Wildman–Crippen MR) is 76.0 cm³/mol. The van der Waals surface area contributed by atoms with E-state index in [0.29, 0.717) is 0 Å². The number of morpholine rings is 1. The number of hydrogen-bond acceptors (Lipinski definition) is 3. The second kappa shape index (κ2) is 6.88. The van der Waals surface area contributed by atoms with E-state index in [9.17, 15) is 0 Å². The molecule has 0 radical (unpaired) electrons. The number of unbranched alkanes of at least 4 members (excludes halogenated alkanes) is 3. The highest BCUT2D eigenvalue weighted by atomic mass is 16.5. The molecule has 2 aliphatic rings. The third-order valence-corrected chi connectivity index (χ3v) is 3.92. The van der Waals surface area contributed by atoms with Crippen LogP contribution in [0, 0.1) is 0 Å². The van der Waals surface area contributed by atoms with Crippen LogP contribution in [0.15, 0.2) is 0 Å². The number of hydrogen-bond donors (Lipinski definition) is 1. The maximum absolute atomic E-state index is 5.73. The van der Waals surface area contributed by atoms with Gasteiger partial charge in [-0.2, -0.15) is 0 Å². The van der Waals surface area contributed by atoms with E-state index in [1.165, 1.54) is 51.6 Å². The first-order chi connectivity index (χ1) is 8.66. The maximum Gasteiger partial charge on any atom is 0.0753 e. The molecular formula is C15H30N2O.